The van der Waals surface area contributed by atoms with Crippen LogP contribution in [0.15, 0.2) is 60.7 Å². The van der Waals surface area contributed by atoms with Crippen LogP contribution in [0.1, 0.15) is 12.8 Å². The van der Waals surface area contributed by atoms with Gasteiger partial charge >= 0.3 is 7.75 Å². The van der Waals surface area contributed by atoms with Crippen molar-refractivity contribution in [3.8, 4) is 11.5 Å². The highest BCUT2D eigenvalue weighted by Crippen LogP contribution is 2.55. The van der Waals surface area contributed by atoms with E-state index < -0.39 is 19.7 Å². The van der Waals surface area contributed by atoms with E-state index in [4.69, 9.17) is 9.05 Å². The molecule has 0 radical (unpaired) electrons. The lowest BCUT2D eigenvalue weighted by atomic mass is 9.90. The summed E-state index contributed by atoms with van der Waals surface area (Å²) in [5.41, 5.74) is 0. The zero-order valence-electron chi connectivity index (χ0n) is 13.8. The number of benzene rings is 2. The topological polar surface area (TPSA) is 84.9 Å². The van der Waals surface area contributed by atoms with E-state index in [0.29, 0.717) is 17.9 Å². The van der Waals surface area contributed by atoms with Gasteiger partial charge in [0, 0.05) is 6.42 Å². The second-order valence-electron chi connectivity index (χ2n) is 6.11. The summed E-state index contributed by atoms with van der Waals surface area (Å²) in [4.78, 5) is 24.6. The van der Waals surface area contributed by atoms with Crippen molar-refractivity contribution < 1.29 is 23.2 Å². The number of β-lactam (4-membered cyclic amide) rings is 1. The van der Waals surface area contributed by atoms with Gasteiger partial charge in [0.25, 0.3) is 0 Å². The summed E-state index contributed by atoms with van der Waals surface area (Å²) in [6.07, 6.45) is 0.685. The molecule has 0 bridgehead atoms. The van der Waals surface area contributed by atoms with Gasteiger partial charge in [0.05, 0.1) is 6.04 Å². The normalized spacial score (nSPS) is 22.1. The summed E-state index contributed by atoms with van der Waals surface area (Å²) in [5, 5.41) is 2.73. The van der Waals surface area contributed by atoms with Gasteiger partial charge in [-0.15, -0.1) is 0 Å². The van der Waals surface area contributed by atoms with Gasteiger partial charge in [0.1, 0.15) is 17.5 Å². The van der Waals surface area contributed by atoms with Gasteiger partial charge in [-0.2, -0.15) is 0 Å². The summed E-state index contributed by atoms with van der Waals surface area (Å²) in [6.45, 7) is 0. The monoisotopic (exact) mass is 372 g/mol. The molecule has 7 nitrogen and oxygen atoms in total. The fourth-order valence-electron chi connectivity index (χ4n) is 3.12. The number of nitrogens with one attached hydrogen (secondary N) is 1. The predicted octanol–water partition coefficient (Wildman–Crippen LogP) is 2.74. The SMILES string of the molecule is O=C1N[C@@H]2CCC(=O)N(P(=O)(Oc3ccccc3)Oc3ccccc3)[C@H]12. The highest BCUT2D eigenvalue weighted by molar-refractivity contribution is 7.53. The number of hydrogen-bond donors (Lipinski definition) is 1. The van der Waals surface area contributed by atoms with Crippen LogP contribution in [0.25, 0.3) is 0 Å². The van der Waals surface area contributed by atoms with Crippen LogP contribution in [0.2, 0.25) is 0 Å². The molecule has 0 aliphatic carbocycles. The Morgan fingerprint density at radius 3 is 1.96 bits per heavy atom. The Balaban J connectivity index is 1.73. The third kappa shape index (κ3) is 2.95. The summed E-state index contributed by atoms with van der Waals surface area (Å²) in [7, 11) is -4.15. The molecule has 2 amide bonds. The van der Waals surface area contributed by atoms with E-state index in [0.717, 1.165) is 4.67 Å². The number of carbonyl (C=O) groups is 2. The van der Waals surface area contributed by atoms with Gasteiger partial charge in [-0.05, 0) is 30.7 Å². The lowest BCUT2D eigenvalue weighted by Crippen LogP contribution is -2.71. The molecular weight excluding hydrogens is 355 g/mol. The fraction of sp³-hybridized carbons (Fsp3) is 0.222. The standard InChI is InChI=1S/C18H17N2O5P/c21-16-12-11-15-17(18(22)19-15)20(16)26(23,24-13-7-3-1-4-8-13)25-14-9-5-2-6-10-14/h1-10,15,17H,11-12H2,(H,19,22)/t15-,17+/m1/s1. The molecule has 2 aromatic carbocycles. The van der Waals surface area contributed by atoms with E-state index in [1.165, 1.54) is 0 Å². The molecule has 26 heavy (non-hydrogen) atoms. The van der Waals surface area contributed by atoms with Crippen LogP contribution in [0.4, 0.5) is 0 Å². The molecule has 2 fully saturated rings. The molecule has 8 heteroatoms. The van der Waals surface area contributed by atoms with Crippen LogP contribution in [-0.2, 0) is 14.2 Å². The van der Waals surface area contributed by atoms with Crippen molar-refractivity contribution in [3.63, 3.8) is 0 Å². The zero-order valence-corrected chi connectivity index (χ0v) is 14.7. The molecule has 2 aliphatic heterocycles. The molecule has 2 aliphatic rings. The van der Waals surface area contributed by atoms with Crippen LogP contribution in [0.3, 0.4) is 0 Å². The Kier molecular flexibility index (Phi) is 4.17. The van der Waals surface area contributed by atoms with Crippen molar-refractivity contribution in [1.82, 2.24) is 9.99 Å². The maximum absolute atomic E-state index is 13.7. The molecule has 0 aromatic heterocycles. The molecule has 1 N–H and O–H groups in total. The van der Waals surface area contributed by atoms with Crippen molar-refractivity contribution in [2.75, 3.05) is 0 Å². The first kappa shape index (κ1) is 16.7. The van der Waals surface area contributed by atoms with Crippen molar-refractivity contribution >= 4 is 19.6 Å². The third-order valence-electron chi connectivity index (χ3n) is 4.36. The predicted molar refractivity (Wildman–Crippen MR) is 93.5 cm³/mol. The Morgan fingerprint density at radius 1 is 0.923 bits per heavy atom. The highest BCUT2D eigenvalue weighted by Gasteiger charge is 2.57. The number of hydrogen-bond acceptors (Lipinski definition) is 5. The summed E-state index contributed by atoms with van der Waals surface area (Å²) in [6, 6.07) is 15.9. The van der Waals surface area contributed by atoms with Crippen LogP contribution in [0.5, 0.6) is 11.5 Å². The summed E-state index contributed by atoms with van der Waals surface area (Å²) >= 11 is 0. The first-order chi connectivity index (χ1) is 12.6. The highest BCUT2D eigenvalue weighted by atomic mass is 31.2. The molecule has 2 aromatic rings. The van der Waals surface area contributed by atoms with E-state index in [-0.39, 0.29) is 18.4 Å². The number of carbonyl (C=O) groups excluding carboxylic acids is 2. The molecular formula is C18H17N2O5P. The molecule has 0 spiro atoms. The molecule has 134 valence electrons. The fourth-order valence-corrected chi connectivity index (χ4v) is 5.05. The van der Waals surface area contributed by atoms with E-state index in [2.05, 4.69) is 5.32 Å². The van der Waals surface area contributed by atoms with Crippen molar-refractivity contribution in [2.24, 2.45) is 0 Å². The average molecular weight is 372 g/mol. The largest absolute Gasteiger partial charge is 0.547 e. The van der Waals surface area contributed by atoms with Gasteiger partial charge in [-0.3, -0.25) is 9.59 Å². The summed E-state index contributed by atoms with van der Waals surface area (Å²) < 4.78 is 26.1. The molecule has 0 saturated carbocycles. The van der Waals surface area contributed by atoms with E-state index >= 15 is 0 Å². The first-order valence-corrected chi connectivity index (χ1v) is 9.79. The average Bonchev–Trinajstić information content (AvgIpc) is 2.63. The van der Waals surface area contributed by atoms with Crippen molar-refractivity contribution in [2.45, 2.75) is 24.9 Å². The number of piperidine rings is 1. The number of nitrogens with zero attached hydrogens (tertiary/aromatic N) is 1. The maximum atomic E-state index is 13.7. The second kappa shape index (κ2) is 6.50. The van der Waals surface area contributed by atoms with E-state index in [1.807, 2.05) is 0 Å². The second-order valence-corrected chi connectivity index (χ2v) is 7.85. The van der Waals surface area contributed by atoms with Crippen LogP contribution in [0, 0.1) is 0 Å². The Morgan fingerprint density at radius 2 is 1.46 bits per heavy atom. The van der Waals surface area contributed by atoms with Crippen LogP contribution >= 0.6 is 7.75 Å². The minimum Gasteiger partial charge on any atom is -0.400 e. The summed E-state index contributed by atoms with van der Waals surface area (Å²) in [5.74, 6) is -0.185. The van der Waals surface area contributed by atoms with Crippen LogP contribution in [-0.4, -0.2) is 28.6 Å². The number of fused-ring (bicyclic) bond motifs is 1. The van der Waals surface area contributed by atoms with Crippen molar-refractivity contribution in [1.29, 1.82) is 0 Å². The van der Waals surface area contributed by atoms with Crippen molar-refractivity contribution in [3.05, 3.63) is 60.7 Å². The first-order valence-electron chi connectivity index (χ1n) is 8.29. The van der Waals surface area contributed by atoms with E-state index in [1.54, 1.807) is 60.7 Å². The van der Waals surface area contributed by atoms with Crippen LogP contribution < -0.4 is 14.4 Å². The maximum Gasteiger partial charge on any atom is 0.547 e. The number of rotatable bonds is 5. The third-order valence-corrected chi connectivity index (χ3v) is 6.24. The molecule has 2 saturated heterocycles. The van der Waals surface area contributed by atoms with Gasteiger partial charge in [0.2, 0.25) is 11.8 Å². The quantitative estimate of drug-likeness (QED) is 0.644. The smallest absolute Gasteiger partial charge is 0.400 e. The number of amides is 2. The molecule has 0 unspecified atom stereocenters. The van der Waals surface area contributed by atoms with Gasteiger partial charge in [0.15, 0.2) is 0 Å². The lowest BCUT2D eigenvalue weighted by Gasteiger charge is -2.47. The zero-order chi connectivity index (χ0) is 18.1. The minimum atomic E-state index is -4.15. The number of para-hydroxylation sites is 2. The Bertz CT molecular complexity index is 828. The lowest BCUT2D eigenvalue weighted by molar-refractivity contribution is -0.148. The molecule has 4 rings (SSSR count). The minimum absolute atomic E-state index is 0.168. The van der Waals surface area contributed by atoms with Gasteiger partial charge in [-0.25, -0.2) is 9.24 Å². The Labute approximate surface area is 150 Å². The molecule has 2 heterocycles. The Hall–Kier alpha value is -2.79. The molecule has 2 atom stereocenters. The van der Waals surface area contributed by atoms with Gasteiger partial charge < -0.3 is 14.4 Å². The van der Waals surface area contributed by atoms with E-state index in [9.17, 15) is 14.2 Å². The van der Waals surface area contributed by atoms with Gasteiger partial charge in [-0.1, -0.05) is 36.4 Å².